The number of likely N-dealkylation sites (N-methyl/N-ethyl adjacent to an activating group) is 1. The lowest BCUT2D eigenvalue weighted by atomic mass is 9.99. The zero-order valence-electron chi connectivity index (χ0n) is 17.3. The molecule has 0 bridgehead atoms. The number of phenolic OH excluding ortho intramolecular Hbond substituents is 1. The van der Waals surface area contributed by atoms with E-state index in [1.807, 2.05) is 43.3 Å². The molecule has 1 amide bonds. The van der Waals surface area contributed by atoms with Gasteiger partial charge in [0, 0.05) is 36.0 Å². The van der Waals surface area contributed by atoms with Gasteiger partial charge in [-0.1, -0.05) is 18.2 Å². The topological polar surface area (TPSA) is 101 Å². The van der Waals surface area contributed by atoms with Crippen molar-refractivity contribution in [2.75, 3.05) is 40.0 Å². The summed E-state index contributed by atoms with van der Waals surface area (Å²) in [6.45, 7) is 1.35. The van der Waals surface area contributed by atoms with Crippen LogP contribution in [0, 0.1) is 0 Å². The van der Waals surface area contributed by atoms with Crippen molar-refractivity contribution in [3.05, 3.63) is 60.3 Å². The number of phenols is 1. The number of methoxy groups -OCH3 is 1. The fourth-order valence-corrected chi connectivity index (χ4v) is 3.04. The summed E-state index contributed by atoms with van der Waals surface area (Å²) in [5.74, 6) is 0.653. The van der Waals surface area contributed by atoms with Gasteiger partial charge in [0.05, 0.1) is 7.11 Å². The minimum Gasteiger partial charge on any atom is -0.504 e. The summed E-state index contributed by atoms with van der Waals surface area (Å²) >= 11 is 0. The quantitative estimate of drug-likeness (QED) is 0.558. The van der Waals surface area contributed by atoms with Crippen LogP contribution in [0.25, 0.3) is 22.3 Å². The minimum absolute atomic E-state index is 0.0527. The van der Waals surface area contributed by atoms with Gasteiger partial charge >= 0.3 is 0 Å². The molecular weight excluding hydrogens is 380 g/mol. The first-order valence-corrected chi connectivity index (χ1v) is 9.55. The highest BCUT2D eigenvalue weighted by atomic mass is 16.5. The molecule has 1 heterocycles. The first-order valence-electron chi connectivity index (χ1n) is 9.55. The number of rotatable bonds is 7. The summed E-state index contributed by atoms with van der Waals surface area (Å²) in [5.41, 5.74) is 9.85. The fourth-order valence-electron chi connectivity index (χ4n) is 3.04. The van der Waals surface area contributed by atoms with Crippen molar-refractivity contribution < 1.29 is 14.6 Å². The Labute approximate surface area is 176 Å². The van der Waals surface area contributed by atoms with Gasteiger partial charge in [-0.3, -0.25) is 4.79 Å². The lowest BCUT2D eigenvalue weighted by Gasteiger charge is -2.12. The van der Waals surface area contributed by atoms with Gasteiger partial charge in [-0.2, -0.15) is 0 Å². The Morgan fingerprint density at radius 2 is 1.93 bits per heavy atom. The predicted octanol–water partition coefficient (Wildman–Crippen LogP) is 3.00. The zero-order chi connectivity index (χ0) is 21.7. The molecule has 7 heteroatoms. The van der Waals surface area contributed by atoms with Crippen molar-refractivity contribution in [3.63, 3.8) is 0 Å². The molecule has 0 radical (unpaired) electrons. The molecule has 7 nitrogen and oxygen atoms in total. The van der Waals surface area contributed by atoms with E-state index >= 15 is 0 Å². The van der Waals surface area contributed by atoms with E-state index in [4.69, 9.17) is 10.5 Å². The number of benzene rings is 2. The summed E-state index contributed by atoms with van der Waals surface area (Å²) in [4.78, 5) is 18.8. The number of carbonyl (C=O) groups excluding carboxylic acids is 1. The lowest BCUT2D eigenvalue weighted by molar-refractivity contribution is 0.0951. The Morgan fingerprint density at radius 3 is 2.67 bits per heavy atom. The molecule has 0 aliphatic rings. The van der Waals surface area contributed by atoms with Crippen LogP contribution in [0.15, 0.2) is 54.7 Å². The van der Waals surface area contributed by atoms with Crippen molar-refractivity contribution in [2.24, 2.45) is 0 Å². The largest absolute Gasteiger partial charge is 0.504 e. The van der Waals surface area contributed by atoms with Crippen LogP contribution in [0.5, 0.6) is 11.5 Å². The van der Waals surface area contributed by atoms with E-state index in [1.165, 1.54) is 7.11 Å². The number of amides is 1. The van der Waals surface area contributed by atoms with Crippen molar-refractivity contribution in [2.45, 2.75) is 0 Å². The van der Waals surface area contributed by atoms with E-state index in [1.54, 1.807) is 30.5 Å². The number of ether oxygens (including phenoxy) is 1. The zero-order valence-corrected chi connectivity index (χ0v) is 17.3. The number of carbonyl (C=O) groups is 1. The molecule has 3 rings (SSSR count). The summed E-state index contributed by atoms with van der Waals surface area (Å²) < 4.78 is 5.19. The van der Waals surface area contributed by atoms with Crippen LogP contribution in [-0.4, -0.2) is 55.2 Å². The predicted molar refractivity (Wildman–Crippen MR) is 119 cm³/mol. The van der Waals surface area contributed by atoms with Gasteiger partial charge in [-0.05, 0) is 55.6 Å². The van der Waals surface area contributed by atoms with E-state index in [9.17, 15) is 9.90 Å². The molecule has 0 unspecified atom stereocenters. The Bertz CT molecular complexity index is 1050. The summed E-state index contributed by atoms with van der Waals surface area (Å²) in [6.07, 6.45) is 1.68. The molecule has 0 fully saturated rings. The van der Waals surface area contributed by atoms with Crippen LogP contribution in [-0.2, 0) is 0 Å². The number of nitrogen functional groups attached to an aromatic ring is 1. The average Bonchev–Trinajstić information content (AvgIpc) is 2.74. The smallest absolute Gasteiger partial charge is 0.251 e. The first-order chi connectivity index (χ1) is 14.4. The SMILES string of the molecule is COc1cc(-c2cc(-c3cccc(C(=O)NCCN(C)C)c3)cnc2N)ccc1O. The van der Waals surface area contributed by atoms with Gasteiger partial charge in [0.25, 0.3) is 5.91 Å². The highest BCUT2D eigenvalue weighted by Crippen LogP contribution is 2.35. The van der Waals surface area contributed by atoms with Gasteiger partial charge in [0.1, 0.15) is 5.82 Å². The number of hydrogen-bond acceptors (Lipinski definition) is 6. The maximum absolute atomic E-state index is 12.5. The third-order valence-corrected chi connectivity index (χ3v) is 4.71. The molecule has 0 aliphatic carbocycles. The summed E-state index contributed by atoms with van der Waals surface area (Å²) in [6, 6.07) is 14.3. The average molecular weight is 406 g/mol. The van der Waals surface area contributed by atoms with E-state index in [-0.39, 0.29) is 11.7 Å². The van der Waals surface area contributed by atoms with Gasteiger partial charge in [0.15, 0.2) is 11.5 Å². The highest BCUT2D eigenvalue weighted by molar-refractivity contribution is 5.95. The Morgan fingerprint density at radius 1 is 1.13 bits per heavy atom. The number of nitrogens with zero attached hydrogens (tertiary/aromatic N) is 2. The third-order valence-electron chi connectivity index (χ3n) is 4.71. The Balaban J connectivity index is 1.90. The molecule has 1 aromatic heterocycles. The number of aromatic nitrogens is 1. The van der Waals surface area contributed by atoms with Crippen molar-refractivity contribution in [1.82, 2.24) is 15.2 Å². The molecule has 0 spiro atoms. The number of nitrogens with two attached hydrogens (primary N) is 1. The maximum Gasteiger partial charge on any atom is 0.251 e. The third kappa shape index (κ3) is 4.87. The highest BCUT2D eigenvalue weighted by Gasteiger charge is 2.12. The van der Waals surface area contributed by atoms with Crippen molar-refractivity contribution >= 4 is 11.7 Å². The molecule has 0 aliphatic heterocycles. The van der Waals surface area contributed by atoms with Crippen LogP contribution in [0.2, 0.25) is 0 Å². The fraction of sp³-hybridized carbons (Fsp3) is 0.217. The van der Waals surface area contributed by atoms with E-state index in [0.29, 0.717) is 29.2 Å². The standard InChI is InChI=1S/C23H26N4O3/c1-27(2)10-9-25-23(29)17-6-4-5-15(11-17)18-12-19(22(24)26-14-18)16-7-8-20(28)21(13-16)30-3/h4-8,11-14,28H,9-10H2,1-3H3,(H2,24,26)(H,25,29). The molecule has 2 aromatic carbocycles. The van der Waals surface area contributed by atoms with E-state index in [0.717, 1.165) is 23.2 Å². The second kappa shape index (κ2) is 9.28. The second-order valence-electron chi connectivity index (χ2n) is 7.18. The molecule has 156 valence electrons. The normalized spacial score (nSPS) is 10.8. The van der Waals surface area contributed by atoms with E-state index < -0.39 is 0 Å². The monoisotopic (exact) mass is 406 g/mol. The number of nitrogens with one attached hydrogen (secondary N) is 1. The molecule has 0 saturated carbocycles. The minimum atomic E-state index is -0.120. The molecule has 4 N–H and O–H groups in total. The van der Waals surface area contributed by atoms with Gasteiger partial charge in [0.2, 0.25) is 0 Å². The van der Waals surface area contributed by atoms with Gasteiger partial charge in [-0.25, -0.2) is 4.98 Å². The second-order valence-corrected chi connectivity index (χ2v) is 7.18. The number of pyridine rings is 1. The van der Waals surface area contributed by atoms with Gasteiger partial charge < -0.3 is 25.8 Å². The molecule has 0 saturated heterocycles. The molecule has 3 aromatic rings. The van der Waals surface area contributed by atoms with Crippen molar-refractivity contribution in [1.29, 1.82) is 0 Å². The number of anilines is 1. The van der Waals surface area contributed by atoms with Crippen LogP contribution >= 0.6 is 0 Å². The molecule has 0 atom stereocenters. The van der Waals surface area contributed by atoms with Crippen molar-refractivity contribution in [3.8, 4) is 33.8 Å². The van der Waals surface area contributed by atoms with Crippen LogP contribution in [0.1, 0.15) is 10.4 Å². The summed E-state index contributed by atoms with van der Waals surface area (Å²) in [5, 5.41) is 12.8. The maximum atomic E-state index is 12.5. The summed E-state index contributed by atoms with van der Waals surface area (Å²) in [7, 11) is 5.41. The lowest BCUT2D eigenvalue weighted by Crippen LogP contribution is -2.31. The molecule has 30 heavy (non-hydrogen) atoms. The van der Waals surface area contributed by atoms with Gasteiger partial charge in [-0.15, -0.1) is 0 Å². The van der Waals surface area contributed by atoms with Crippen LogP contribution in [0.4, 0.5) is 5.82 Å². The number of hydrogen-bond donors (Lipinski definition) is 3. The number of aromatic hydroxyl groups is 1. The molecular formula is C23H26N4O3. The van der Waals surface area contributed by atoms with Crippen LogP contribution < -0.4 is 15.8 Å². The van der Waals surface area contributed by atoms with E-state index in [2.05, 4.69) is 10.3 Å². The van der Waals surface area contributed by atoms with Crippen LogP contribution in [0.3, 0.4) is 0 Å². The Hall–Kier alpha value is -3.58. The first kappa shape index (κ1) is 21.1. The Kier molecular flexibility index (Phi) is 6.54.